The molecule has 0 aliphatic carbocycles. The zero-order valence-electron chi connectivity index (χ0n) is 17.7. The summed E-state index contributed by atoms with van der Waals surface area (Å²) in [4.78, 5) is 20.7. The fraction of sp³-hybridized carbons (Fsp3) is 0.300. The average Bonchev–Trinajstić information content (AvgIpc) is 2.78. The van der Waals surface area contributed by atoms with Crippen LogP contribution in [0.25, 0.3) is 0 Å². The highest BCUT2D eigenvalue weighted by Crippen LogP contribution is 2.27. The van der Waals surface area contributed by atoms with Crippen molar-refractivity contribution in [1.82, 2.24) is 0 Å². The van der Waals surface area contributed by atoms with E-state index in [1.165, 1.54) is 0 Å². The van der Waals surface area contributed by atoms with Crippen LogP contribution < -0.4 is 9.47 Å². The Labute approximate surface area is 188 Å². The number of halogens is 6. The first kappa shape index (κ1) is 30.5. The summed E-state index contributed by atoms with van der Waals surface area (Å²) in [5.41, 5.74) is -1.94. The third kappa shape index (κ3) is 8.12. The Morgan fingerprint density at radius 3 is 1.18 bits per heavy atom. The maximum atomic E-state index is 13.1. The van der Waals surface area contributed by atoms with Gasteiger partial charge in [0.25, 0.3) is 0 Å². The van der Waals surface area contributed by atoms with Gasteiger partial charge in [0.2, 0.25) is 11.6 Å². The molecule has 4 N–H and O–H groups in total. The maximum absolute atomic E-state index is 13.1. The molecule has 14 heteroatoms. The van der Waals surface area contributed by atoms with Crippen LogP contribution in [0.3, 0.4) is 0 Å². The lowest BCUT2D eigenvalue weighted by atomic mass is 10.2. The van der Waals surface area contributed by atoms with E-state index in [-0.39, 0.29) is 25.3 Å². The Kier molecular flexibility index (Phi) is 13.1. The van der Waals surface area contributed by atoms with Gasteiger partial charge in [0, 0.05) is 13.2 Å². The smallest absolute Gasteiger partial charge is 0.338 e. The molecule has 0 aromatic heterocycles. The van der Waals surface area contributed by atoms with E-state index in [4.69, 9.17) is 20.4 Å². The molecule has 0 spiro atoms. The second-order valence-corrected chi connectivity index (χ2v) is 5.90. The topological polar surface area (TPSA) is 134 Å². The number of rotatable bonds is 7. The molecular weight excluding hydrogens is 482 g/mol. The molecule has 0 amide bonds. The lowest BCUT2D eigenvalue weighted by Gasteiger charge is -2.06. The molecule has 190 valence electrons. The van der Waals surface area contributed by atoms with Gasteiger partial charge in [-0.1, -0.05) is 0 Å². The minimum atomic E-state index is -1.69. The van der Waals surface area contributed by atoms with Crippen molar-refractivity contribution in [2.75, 3.05) is 27.4 Å². The Hall–Kier alpha value is -3.52. The predicted molar refractivity (Wildman–Crippen MR) is 103 cm³/mol. The zero-order valence-corrected chi connectivity index (χ0v) is 17.7. The first-order valence-corrected chi connectivity index (χ1v) is 9.00. The van der Waals surface area contributed by atoms with E-state index in [0.29, 0.717) is 0 Å². The number of aliphatic hydroxyl groups excluding tert-OH is 2. The van der Waals surface area contributed by atoms with Gasteiger partial charge in [-0.05, 0) is 25.0 Å². The number of carboxylic acids is 2. The largest absolute Gasteiger partial charge is 0.491 e. The second kappa shape index (κ2) is 14.6. The molecular formula is C20H20F6O8. The van der Waals surface area contributed by atoms with Crippen molar-refractivity contribution in [3.05, 3.63) is 58.2 Å². The Balaban J connectivity index is 0.000000521. The average molecular weight is 502 g/mol. The molecule has 0 saturated carbocycles. The summed E-state index contributed by atoms with van der Waals surface area (Å²) in [5, 5.41) is 33.0. The van der Waals surface area contributed by atoms with Gasteiger partial charge < -0.3 is 29.9 Å². The Morgan fingerprint density at radius 2 is 0.971 bits per heavy atom. The molecule has 0 aliphatic heterocycles. The molecule has 2 aromatic carbocycles. The monoisotopic (exact) mass is 502 g/mol. The highest BCUT2D eigenvalue weighted by Gasteiger charge is 2.24. The first-order valence-electron chi connectivity index (χ1n) is 9.00. The number of ether oxygens (including phenoxy) is 2. The molecule has 0 radical (unpaired) electrons. The normalized spacial score (nSPS) is 9.82. The lowest BCUT2D eigenvalue weighted by molar-refractivity contribution is 0.0679. The van der Waals surface area contributed by atoms with E-state index in [1.54, 1.807) is 0 Å². The Bertz CT molecular complexity index is 921. The second-order valence-electron chi connectivity index (χ2n) is 5.90. The summed E-state index contributed by atoms with van der Waals surface area (Å²) < 4.78 is 85.4. The molecule has 2 rings (SSSR count). The van der Waals surface area contributed by atoms with Crippen molar-refractivity contribution in [2.45, 2.75) is 12.8 Å². The summed E-state index contributed by atoms with van der Waals surface area (Å²) >= 11 is 0. The van der Waals surface area contributed by atoms with Gasteiger partial charge in [0.1, 0.15) is 11.1 Å². The van der Waals surface area contributed by atoms with Gasteiger partial charge in [-0.15, -0.1) is 0 Å². The summed E-state index contributed by atoms with van der Waals surface area (Å²) in [5.74, 6) is -14.4. The summed E-state index contributed by atoms with van der Waals surface area (Å²) in [6, 6.07) is 0.519. The van der Waals surface area contributed by atoms with Crippen molar-refractivity contribution < 1.29 is 65.8 Å². The van der Waals surface area contributed by atoms with Crippen LogP contribution in [0.5, 0.6) is 11.5 Å². The number of carbonyl (C=O) groups is 2. The number of hydrogen-bond donors (Lipinski definition) is 4. The van der Waals surface area contributed by atoms with Crippen molar-refractivity contribution in [3.63, 3.8) is 0 Å². The van der Waals surface area contributed by atoms with Crippen LogP contribution in [-0.2, 0) is 0 Å². The van der Waals surface area contributed by atoms with Crippen LogP contribution in [0, 0.1) is 34.9 Å². The quantitative estimate of drug-likeness (QED) is 0.257. The number of aromatic carboxylic acids is 2. The third-order valence-electron chi connectivity index (χ3n) is 3.67. The van der Waals surface area contributed by atoms with Crippen LogP contribution in [0.2, 0.25) is 0 Å². The summed E-state index contributed by atoms with van der Waals surface area (Å²) in [6.07, 6.45) is 1.44. The van der Waals surface area contributed by atoms with E-state index in [0.717, 1.165) is 27.1 Å². The molecule has 34 heavy (non-hydrogen) atoms. The standard InChI is InChI=1S/2C8H5F3O3.C4H10O2/c2*1-14-7-5(10)3(8(12)13)2-4(9)6(7)11;5-3-1-2-4-6/h2*2H,1H3,(H,12,13);5-6H,1-4H2. The molecule has 2 aromatic rings. The zero-order chi connectivity index (χ0) is 26.6. The van der Waals surface area contributed by atoms with Crippen molar-refractivity contribution in [1.29, 1.82) is 0 Å². The number of aliphatic hydroxyl groups is 2. The highest BCUT2D eigenvalue weighted by atomic mass is 19.2. The highest BCUT2D eigenvalue weighted by molar-refractivity contribution is 5.89. The van der Waals surface area contributed by atoms with E-state index < -0.39 is 69.5 Å². The molecule has 0 aliphatic rings. The molecule has 0 unspecified atom stereocenters. The first-order chi connectivity index (χ1) is 15.9. The van der Waals surface area contributed by atoms with Gasteiger partial charge in [0.05, 0.1) is 14.2 Å². The molecule has 0 heterocycles. The summed E-state index contributed by atoms with van der Waals surface area (Å²) in [6.45, 7) is 0.390. The van der Waals surface area contributed by atoms with Gasteiger partial charge in [-0.3, -0.25) is 0 Å². The number of methoxy groups -OCH3 is 2. The maximum Gasteiger partial charge on any atom is 0.338 e. The van der Waals surface area contributed by atoms with Crippen LogP contribution in [0.4, 0.5) is 26.3 Å². The Morgan fingerprint density at radius 1 is 0.676 bits per heavy atom. The van der Waals surface area contributed by atoms with Crippen LogP contribution in [0.15, 0.2) is 12.1 Å². The van der Waals surface area contributed by atoms with Crippen molar-refractivity contribution in [2.24, 2.45) is 0 Å². The fourth-order valence-corrected chi connectivity index (χ4v) is 2.05. The lowest BCUT2D eigenvalue weighted by Crippen LogP contribution is -2.06. The molecule has 8 nitrogen and oxygen atoms in total. The van der Waals surface area contributed by atoms with E-state index in [2.05, 4.69) is 9.47 Å². The van der Waals surface area contributed by atoms with Gasteiger partial charge in [-0.25, -0.2) is 27.2 Å². The minimum Gasteiger partial charge on any atom is -0.491 e. The SMILES string of the molecule is COc1c(F)c(F)cc(C(=O)O)c1F.COc1c(F)c(F)cc(C(=O)O)c1F.OCCCCO. The molecule has 0 fully saturated rings. The van der Waals surface area contributed by atoms with E-state index in [9.17, 15) is 35.9 Å². The molecule has 0 bridgehead atoms. The van der Waals surface area contributed by atoms with Crippen LogP contribution in [0.1, 0.15) is 33.6 Å². The number of benzene rings is 2. The van der Waals surface area contributed by atoms with Crippen molar-refractivity contribution in [3.8, 4) is 11.5 Å². The third-order valence-corrected chi connectivity index (χ3v) is 3.67. The van der Waals surface area contributed by atoms with E-state index >= 15 is 0 Å². The molecule has 0 saturated heterocycles. The van der Waals surface area contributed by atoms with E-state index in [1.807, 2.05) is 0 Å². The predicted octanol–water partition coefficient (Wildman–Crippen LogP) is 3.37. The van der Waals surface area contributed by atoms with Gasteiger partial charge in [0.15, 0.2) is 34.8 Å². The number of hydrogen-bond acceptors (Lipinski definition) is 6. The van der Waals surface area contributed by atoms with Gasteiger partial charge >= 0.3 is 11.9 Å². The number of unbranched alkanes of at least 4 members (excludes halogenated alkanes) is 1. The van der Waals surface area contributed by atoms with Crippen LogP contribution >= 0.6 is 0 Å². The minimum absolute atomic E-state index is 0.195. The fourth-order valence-electron chi connectivity index (χ4n) is 2.05. The number of carboxylic acid groups (broad SMARTS) is 2. The summed E-state index contributed by atoms with van der Waals surface area (Å²) in [7, 11) is 1.82. The van der Waals surface area contributed by atoms with Crippen molar-refractivity contribution >= 4 is 11.9 Å². The molecule has 0 atom stereocenters. The van der Waals surface area contributed by atoms with Gasteiger partial charge in [-0.2, -0.15) is 8.78 Å². The van der Waals surface area contributed by atoms with Crippen LogP contribution in [-0.4, -0.2) is 59.8 Å².